The van der Waals surface area contributed by atoms with E-state index in [4.69, 9.17) is 0 Å². The number of benzene rings is 4. The van der Waals surface area contributed by atoms with Crippen molar-refractivity contribution in [3.8, 4) is 33.4 Å². The summed E-state index contributed by atoms with van der Waals surface area (Å²) in [6.07, 6.45) is 0. The Morgan fingerprint density at radius 2 is 1.00 bits per heavy atom. The molecule has 0 spiro atoms. The van der Waals surface area contributed by atoms with Gasteiger partial charge >= 0.3 is 0 Å². The van der Waals surface area contributed by atoms with Gasteiger partial charge in [-0.05, 0) is 56.6 Å². The molecule has 4 aromatic rings. The molecule has 0 atom stereocenters. The van der Waals surface area contributed by atoms with E-state index in [2.05, 4.69) is 85.8 Å². The summed E-state index contributed by atoms with van der Waals surface area (Å²) in [6, 6.07) is 28.6. The first-order valence-electron chi connectivity index (χ1n) is 8.06. The molecule has 0 aromatic heterocycles. The minimum atomic E-state index is 1.32. The minimum Gasteiger partial charge on any atom is -0.0620 e. The van der Waals surface area contributed by atoms with Crippen molar-refractivity contribution in [1.29, 1.82) is 0 Å². The van der Waals surface area contributed by atoms with Gasteiger partial charge in [0, 0.05) is 0 Å². The third-order valence-corrected chi connectivity index (χ3v) is 4.98. The van der Waals surface area contributed by atoms with Crippen LogP contribution in [0.15, 0.2) is 78.9 Å². The first-order chi connectivity index (χ1) is 11.3. The Morgan fingerprint density at radius 3 is 1.74 bits per heavy atom. The van der Waals surface area contributed by atoms with Crippen LogP contribution < -0.4 is 0 Å². The van der Waals surface area contributed by atoms with Gasteiger partial charge in [0.1, 0.15) is 0 Å². The maximum absolute atomic E-state index is 2.29. The quantitative estimate of drug-likeness (QED) is 0.332. The topological polar surface area (TPSA) is 0 Å². The summed E-state index contributed by atoms with van der Waals surface area (Å²) in [5.74, 6) is 0. The lowest BCUT2D eigenvalue weighted by molar-refractivity contribution is 1.47. The standard InChI is InChI=1S/C23H16/c1-15-7-2-3-8-16(15)19-13-14-22-18-10-5-4-9-17(18)20-11-6-12-21(19)23(20)22/h2-14H,1H3. The van der Waals surface area contributed by atoms with E-state index >= 15 is 0 Å². The van der Waals surface area contributed by atoms with E-state index in [1.165, 1.54) is 49.7 Å². The highest BCUT2D eigenvalue weighted by molar-refractivity contribution is 6.18. The lowest BCUT2D eigenvalue weighted by atomic mass is 9.92. The summed E-state index contributed by atoms with van der Waals surface area (Å²) < 4.78 is 0. The van der Waals surface area contributed by atoms with Crippen LogP contribution in [0.2, 0.25) is 0 Å². The van der Waals surface area contributed by atoms with Gasteiger partial charge in [0.2, 0.25) is 0 Å². The SMILES string of the molecule is Cc1ccccc1-c1ccc2c3c(cccc13)-c1ccccc1-2. The molecule has 108 valence electrons. The van der Waals surface area contributed by atoms with Crippen molar-refractivity contribution in [1.82, 2.24) is 0 Å². The Hall–Kier alpha value is -2.86. The lowest BCUT2D eigenvalue weighted by Crippen LogP contribution is -1.86. The van der Waals surface area contributed by atoms with Gasteiger partial charge in [-0.15, -0.1) is 0 Å². The van der Waals surface area contributed by atoms with Crippen LogP contribution in [-0.2, 0) is 0 Å². The predicted molar refractivity (Wildman–Crippen MR) is 98.6 cm³/mol. The molecule has 0 heteroatoms. The first-order valence-corrected chi connectivity index (χ1v) is 8.06. The highest BCUT2D eigenvalue weighted by Gasteiger charge is 2.22. The molecule has 0 saturated carbocycles. The van der Waals surface area contributed by atoms with Crippen LogP contribution in [0, 0.1) is 6.92 Å². The fourth-order valence-corrected chi connectivity index (χ4v) is 3.92. The molecule has 0 fully saturated rings. The molecule has 0 aliphatic heterocycles. The monoisotopic (exact) mass is 292 g/mol. The van der Waals surface area contributed by atoms with Crippen molar-refractivity contribution in [2.75, 3.05) is 0 Å². The summed E-state index contributed by atoms with van der Waals surface area (Å²) >= 11 is 0. The van der Waals surface area contributed by atoms with Crippen LogP contribution in [0.3, 0.4) is 0 Å². The van der Waals surface area contributed by atoms with E-state index in [9.17, 15) is 0 Å². The van der Waals surface area contributed by atoms with Crippen LogP contribution in [-0.4, -0.2) is 0 Å². The number of rotatable bonds is 1. The van der Waals surface area contributed by atoms with Gasteiger partial charge in [0.05, 0.1) is 0 Å². The summed E-state index contributed by atoms with van der Waals surface area (Å²) in [7, 11) is 0. The predicted octanol–water partition coefficient (Wildman–Crippen LogP) is 6.46. The van der Waals surface area contributed by atoms with Crippen molar-refractivity contribution in [2.45, 2.75) is 6.92 Å². The van der Waals surface area contributed by atoms with Gasteiger partial charge in [0.25, 0.3) is 0 Å². The molecule has 0 amide bonds. The first kappa shape index (κ1) is 12.7. The van der Waals surface area contributed by atoms with E-state index in [1.54, 1.807) is 0 Å². The van der Waals surface area contributed by atoms with Crippen molar-refractivity contribution >= 4 is 10.8 Å². The normalized spacial score (nSPS) is 11.7. The Bertz CT molecular complexity index is 1040. The van der Waals surface area contributed by atoms with E-state index in [0.717, 1.165) is 0 Å². The summed E-state index contributed by atoms with van der Waals surface area (Å²) in [6.45, 7) is 2.19. The zero-order valence-electron chi connectivity index (χ0n) is 13.0. The van der Waals surface area contributed by atoms with E-state index in [-0.39, 0.29) is 0 Å². The highest BCUT2D eigenvalue weighted by Crippen LogP contribution is 2.49. The molecular formula is C23H16. The Balaban J connectivity index is 1.92. The number of fused-ring (bicyclic) bond motifs is 3. The van der Waals surface area contributed by atoms with Crippen molar-refractivity contribution < 1.29 is 0 Å². The average Bonchev–Trinajstić information content (AvgIpc) is 2.93. The van der Waals surface area contributed by atoms with Crippen molar-refractivity contribution in [3.05, 3.63) is 84.4 Å². The summed E-state index contributed by atoms with van der Waals surface area (Å²) in [5.41, 5.74) is 9.42. The smallest absolute Gasteiger partial charge is 0.00201 e. The highest BCUT2D eigenvalue weighted by atomic mass is 14.2. The second kappa shape index (κ2) is 4.57. The van der Waals surface area contributed by atoms with Gasteiger partial charge in [-0.3, -0.25) is 0 Å². The molecule has 0 saturated heterocycles. The maximum Gasteiger partial charge on any atom is -0.00201 e. The number of aryl methyl sites for hydroxylation is 1. The van der Waals surface area contributed by atoms with E-state index < -0.39 is 0 Å². The van der Waals surface area contributed by atoms with Gasteiger partial charge < -0.3 is 0 Å². The molecule has 0 bridgehead atoms. The Morgan fingerprint density at radius 1 is 0.435 bits per heavy atom. The summed E-state index contributed by atoms with van der Waals surface area (Å²) in [4.78, 5) is 0. The third kappa shape index (κ3) is 1.66. The van der Waals surface area contributed by atoms with Crippen molar-refractivity contribution in [2.24, 2.45) is 0 Å². The van der Waals surface area contributed by atoms with Crippen LogP contribution in [0.1, 0.15) is 5.56 Å². The van der Waals surface area contributed by atoms with Gasteiger partial charge in [0.15, 0.2) is 0 Å². The molecular weight excluding hydrogens is 276 g/mol. The Labute approximate surface area is 136 Å². The second-order valence-corrected chi connectivity index (χ2v) is 6.25. The van der Waals surface area contributed by atoms with Gasteiger partial charge in [-0.2, -0.15) is 0 Å². The molecule has 0 heterocycles. The molecule has 4 aromatic carbocycles. The molecule has 0 unspecified atom stereocenters. The molecule has 0 N–H and O–H groups in total. The average molecular weight is 292 g/mol. The fourth-order valence-electron chi connectivity index (χ4n) is 3.92. The zero-order valence-corrected chi connectivity index (χ0v) is 13.0. The number of hydrogen-bond acceptors (Lipinski definition) is 0. The molecule has 0 nitrogen and oxygen atoms in total. The van der Waals surface area contributed by atoms with E-state index in [1.807, 2.05) is 0 Å². The second-order valence-electron chi connectivity index (χ2n) is 6.25. The molecule has 0 radical (unpaired) electrons. The molecule has 1 aliphatic carbocycles. The lowest BCUT2D eigenvalue weighted by Gasteiger charge is -2.11. The molecule has 1 aliphatic rings. The minimum absolute atomic E-state index is 1.32. The largest absolute Gasteiger partial charge is 0.0620 e. The van der Waals surface area contributed by atoms with Crippen LogP contribution in [0.4, 0.5) is 0 Å². The van der Waals surface area contributed by atoms with Gasteiger partial charge in [-0.25, -0.2) is 0 Å². The van der Waals surface area contributed by atoms with E-state index in [0.29, 0.717) is 0 Å². The third-order valence-electron chi connectivity index (χ3n) is 4.98. The van der Waals surface area contributed by atoms with Crippen LogP contribution in [0.5, 0.6) is 0 Å². The zero-order chi connectivity index (χ0) is 15.4. The van der Waals surface area contributed by atoms with Crippen molar-refractivity contribution in [3.63, 3.8) is 0 Å². The summed E-state index contributed by atoms with van der Waals surface area (Å²) in [5, 5.41) is 2.75. The van der Waals surface area contributed by atoms with Crippen LogP contribution >= 0.6 is 0 Å². The molecule has 23 heavy (non-hydrogen) atoms. The van der Waals surface area contributed by atoms with Gasteiger partial charge in [-0.1, -0.05) is 78.9 Å². The Kier molecular flexibility index (Phi) is 2.51. The maximum atomic E-state index is 2.29. The van der Waals surface area contributed by atoms with Crippen LogP contribution in [0.25, 0.3) is 44.2 Å². The fraction of sp³-hybridized carbons (Fsp3) is 0.0435. The number of hydrogen-bond donors (Lipinski definition) is 0. The molecule has 5 rings (SSSR count).